The quantitative estimate of drug-likeness (QED) is 0.184. The number of pyridine rings is 1. The third-order valence-electron chi connectivity index (χ3n) is 12.7. The molecule has 1 aromatic heterocycles. The molecule has 14 rings (SSSR count). The molecule has 2 spiro atoms. The fourth-order valence-electron chi connectivity index (χ4n) is 11.3. The van der Waals surface area contributed by atoms with Crippen molar-refractivity contribution in [2.75, 3.05) is 19.6 Å². The molecule has 2 aliphatic carbocycles. The predicted octanol–water partition coefficient (Wildman–Crippen LogP) is 9.14. The van der Waals surface area contributed by atoms with Crippen LogP contribution in [0.4, 0.5) is 45.6 Å². The smallest absolute Gasteiger partial charge is 0.158 e. The minimum absolute atomic E-state index is 0.00206. The molecule has 8 aliphatic rings. The van der Waals surface area contributed by atoms with Gasteiger partial charge in [0.25, 0.3) is 0 Å². The average Bonchev–Trinajstić information content (AvgIpc) is 3.77. The van der Waals surface area contributed by atoms with Gasteiger partial charge in [-0.2, -0.15) is 0 Å². The van der Waals surface area contributed by atoms with E-state index in [0.29, 0.717) is 0 Å². The third-order valence-corrected chi connectivity index (χ3v) is 12.7. The van der Waals surface area contributed by atoms with Crippen LogP contribution >= 0.6 is 0 Å². The number of rotatable bonds is 1. The van der Waals surface area contributed by atoms with Crippen molar-refractivity contribution in [2.45, 2.75) is 30.6 Å². The monoisotopic (exact) mass is 615 g/mol. The largest absolute Gasteiger partial charge is 0.316 e. The number of benzene rings is 5. The Bertz CT molecular complexity index is 2450. The lowest BCUT2D eigenvalue weighted by Crippen LogP contribution is -2.75. The summed E-state index contributed by atoms with van der Waals surface area (Å²) in [5, 5.41) is 0. The fourth-order valence-corrected chi connectivity index (χ4v) is 11.3. The fraction of sp³-hybridized carbons (Fsp3) is 0.140. The van der Waals surface area contributed by atoms with Gasteiger partial charge in [-0.3, -0.25) is 0 Å². The first kappa shape index (κ1) is 24.4. The lowest BCUT2D eigenvalue weighted by atomic mass is 9.37. The standard InChI is InChI=1S/C43H29N5/c1-2-9-28(10-3-1)45-34-13-6-7-14-35(34)47-32-12-5-4-11-30(32)37-38(40(45)47)43-24-26-16-19-29(20-17-26)46-36-15-8-22-44-39(36)48(41(43)46)33-21-18-27-23-31(33)42(37,43)25-27/h1-23,40-41H,24-25H2. The number of aromatic nitrogens is 1. The topological polar surface area (TPSA) is 25.9 Å². The SMILES string of the molecule is c1ccc(N2c3ccccc3N3c4ccccc4C4=C(C23)C23Cc5ccc(cc5)N5c6cccnc6N(c6ccc7cc6C42C7)C53)cc1. The number of allylic oxidation sites excluding steroid dienone is 1. The van der Waals surface area contributed by atoms with E-state index in [1.54, 1.807) is 11.1 Å². The van der Waals surface area contributed by atoms with Gasteiger partial charge in [0.05, 0.1) is 28.2 Å². The molecule has 4 unspecified atom stereocenters. The zero-order chi connectivity index (χ0) is 30.9. The van der Waals surface area contributed by atoms with Crippen molar-refractivity contribution in [3.8, 4) is 0 Å². The molecule has 4 atom stereocenters. The highest BCUT2D eigenvalue weighted by atomic mass is 15.5. The Kier molecular flexibility index (Phi) is 3.98. The summed E-state index contributed by atoms with van der Waals surface area (Å²) in [5.41, 5.74) is 17.2. The van der Waals surface area contributed by atoms with Crippen LogP contribution in [0, 0.1) is 5.41 Å². The van der Waals surface area contributed by atoms with Crippen molar-refractivity contribution in [3.63, 3.8) is 0 Å². The summed E-state index contributed by atoms with van der Waals surface area (Å²) in [6.45, 7) is 0. The predicted molar refractivity (Wildman–Crippen MR) is 191 cm³/mol. The summed E-state index contributed by atoms with van der Waals surface area (Å²) in [5.74, 6) is 1.06. The van der Waals surface area contributed by atoms with Crippen molar-refractivity contribution in [1.82, 2.24) is 4.98 Å². The highest BCUT2D eigenvalue weighted by Crippen LogP contribution is 2.81. The summed E-state index contributed by atoms with van der Waals surface area (Å²) in [4.78, 5) is 15.7. The van der Waals surface area contributed by atoms with E-state index in [-0.39, 0.29) is 23.2 Å². The van der Waals surface area contributed by atoms with E-state index >= 15 is 0 Å². The number of nitrogens with zero attached hydrogens (tertiary/aromatic N) is 5. The molecular formula is C43H29N5. The van der Waals surface area contributed by atoms with Gasteiger partial charge in [-0.25, -0.2) is 4.98 Å². The number of anilines is 8. The maximum atomic E-state index is 5.15. The summed E-state index contributed by atoms with van der Waals surface area (Å²) < 4.78 is 0. The minimum Gasteiger partial charge on any atom is -0.316 e. The van der Waals surface area contributed by atoms with Crippen LogP contribution in [0.1, 0.15) is 22.3 Å². The number of fused-ring (bicyclic) bond motifs is 13. The van der Waals surface area contributed by atoms with E-state index in [1.165, 1.54) is 62.1 Å². The molecule has 7 heterocycles. The lowest BCUT2D eigenvalue weighted by Gasteiger charge is -2.71. The van der Waals surface area contributed by atoms with Crippen molar-refractivity contribution >= 4 is 51.2 Å². The van der Waals surface area contributed by atoms with Gasteiger partial charge in [-0.1, -0.05) is 72.8 Å². The van der Waals surface area contributed by atoms with Crippen molar-refractivity contribution in [3.05, 3.63) is 167 Å². The van der Waals surface area contributed by atoms with Gasteiger partial charge in [-0.15, -0.1) is 0 Å². The Balaban J connectivity index is 1.21. The molecule has 0 N–H and O–H groups in total. The maximum absolute atomic E-state index is 5.15. The van der Waals surface area contributed by atoms with Gasteiger partial charge in [-0.05, 0) is 101 Å². The molecule has 5 nitrogen and oxygen atoms in total. The molecule has 0 saturated carbocycles. The minimum atomic E-state index is -0.242. The van der Waals surface area contributed by atoms with Crippen LogP contribution in [0.2, 0.25) is 0 Å². The van der Waals surface area contributed by atoms with Crippen molar-refractivity contribution in [2.24, 2.45) is 5.41 Å². The van der Waals surface area contributed by atoms with Crippen LogP contribution in [-0.4, -0.2) is 17.3 Å². The van der Waals surface area contributed by atoms with Crippen LogP contribution < -0.4 is 19.6 Å². The normalized spacial score (nSPS) is 26.5. The molecule has 0 saturated heterocycles. The van der Waals surface area contributed by atoms with E-state index in [2.05, 4.69) is 153 Å². The summed E-state index contributed by atoms with van der Waals surface area (Å²) in [6, 6.07) is 50.5. The molecule has 4 bridgehead atoms. The zero-order valence-corrected chi connectivity index (χ0v) is 26.1. The zero-order valence-electron chi connectivity index (χ0n) is 26.1. The van der Waals surface area contributed by atoms with Gasteiger partial charge in [0, 0.05) is 34.2 Å². The second kappa shape index (κ2) is 7.83. The molecule has 6 aliphatic heterocycles. The van der Waals surface area contributed by atoms with Gasteiger partial charge < -0.3 is 19.6 Å². The van der Waals surface area contributed by atoms with E-state index in [1.807, 2.05) is 6.20 Å². The molecular weight excluding hydrogens is 587 g/mol. The van der Waals surface area contributed by atoms with E-state index in [9.17, 15) is 0 Å². The highest BCUT2D eigenvalue weighted by molar-refractivity contribution is 6.07. The molecule has 48 heavy (non-hydrogen) atoms. The highest BCUT2D eigenvalue weighted by Gasteiger charge is 2.78. The molecule has 0 amide bonds. The number of para-hydroxylation sites is 4. The summed E-state index contributed by atoms with van der Waals surface area (Å²) in [7, 11) is 0. The molecule has 5 aromatic carbocycles. The van der Waals surface area contributed by atoms with Crippen LogP contribution in [0.3, 0.4) is 0 Å². The van der Waals surface area contributed by atoms with Gasteiger partial charge in [0.1, 0.15) is 12.3 Å². The lowest BCUT2D eigenvalue weighted by molar-refractivity contribution is 0.119. The average molecular weight is 616 g/mol. The van der Waals surface area contributed by atoms with Crippen LogP contribution in [-0.2, 0) is 18.3 Å². The first-order chi connectivity index (χ1) is 23.8. The number of hydrogen-bond acceptors (Lipinski definition) is 5. The maximum Gasteiger partial charge on any atom is 0.158 e. The number of hydrogen-bond donors (Lipinski definition) is 0. The van der Waals surface area contributed by atoms with Crippen molar-refractivity contribution < 1.29 is 0 Å². The van der Waals surface area contributed by atoms with E-state index < -0.39 is 0 Å². The molecule has 0 radical (unpaired) electrons. The molecule has 0 fully saturated rings. The van der Waals surface area contributed by atoms with E-state index in [4.69, 9.17) is 4.98 Å². The second-order valence-electron chi connectivity index (χ2n) is 14.5. The van der Waals surface area contributed by atoms with E-state index in [0.717, 1.165) is 18.7 Å². The first-order valence-electron chi connectivity index (χ1n) is 17.1. The van der Waals surface area contributed by atoms with Crippen molar-refractivity contribution in [1.29, 1.82) is 0 Å². The molecule has 5 heteroatoms. The Morgan fingerprint density at radius 3 is 2.10 bits per heavy atom. The Morgan fingerprint density at radius 2 is 1.25 bits per heavy atom. The van der Waals surface area contributed by atoms with Gasteiger partial charge >= 0.3 is 0 Å². The van der Waals surface area contributed by atoms with Crippen LogP contribution in [0.5, 0.6) is 0 Å². The van der Waals surface area contributed by atoms with Gasteiger partial charge in [0.2, 0.25) is 0 Å². The van der Waals surface area contributed by atoms with Crippen LogP contribution in [0.15, 0.2) is 145 Å². The first-order valence-corrected chi connectivity index (χ1v) is 17.1. The second-order valence-corrected chi connectivity index (χ2v) is 14.5. The van der Waals surface area contributed by atoms with Gasteiger partial charge in [0.15, 0.2) is 5.82 Å². The third kappa shape index (κ3) is 2.38. The summed E-state index contributed by atoms with van der Waals surface area (Å²) >= 11 is 0. The Hall–Kier alpha value is -5.81. The van der Waals surface area contributed by atoms with Crippen LogP contribution in [0.25, 0.3) is 5.57 Å². The Morgan fingerprint density at radius 1 is 0.542 bits per heavy atom. The molecule has 226 valence electrons. The summed E-state index contributed by atoms with van der Waals surface area (Å²) in [6.07, 6.45) is 4.00. The molecule has 6 aromatic rings. The Labute approximate surface area is 278 Å².